The molecule has 5 nitrogen and oxygen atoms in total. The number of aromatic nitrogens is 3. The fraction of sp³-hybridized carbons (Fsp3) is 0.471. The van der Waals surface area contributed by atoms with Crippen molar-refractivity contribution in [1.82, 2.24) is 19.7 Å². The molecule has 0 bridgehead atoms. The van der Waals surface area contributed by atoms with Crippen LogP contribution in [0.1, 0.15) is 53.7 Å². The third kappa shape index (κ3) is 2.65. The van der Waals surface area contributed by atoms with Crippen LogP contribution in [-0.4, -0.2) is 38.4 Å². The van der Waals surface area contributed by atoms with Gasteiger partial charge in [0.1, 0.15) is 5.82 Å². The molecule has 0 unspecified atom stereocenters. The second kappa shape index (κ2) is 5.67. The molecule has 0 N–H and O–H groups in total. The summed E-state index contributed by atoms with van der Waals surface area (Å²) in [6.07, 6.45) is 4.42. The monoisotopic (exact) mass is 328 g/mol. The first kappa shape index (κ1) is 14.8. The van der Waals surface area contributed by atoms with Gasteiger partial charge in [-0.05, 0) is 44.2 Å². The third-order valence-electron chi connectivity index (χ3n) is 4.63. The molecule has 120 valence electrons. The maximum Gasteiger partial charge on any atom is 0.254 e. The second-order valence-electron chi connectivity index (χ2n) is 6.23. The first-order chi connectivity index (χ1) is 11.2. The average molecular weight is 328 g/mol. The van der Waals surface area contributed by atoms with E-state index in [4.69, 9.17) is 4.98 Å². The Bertz CT molecular complexity index is 753. The minimum Gasteiger partial charge on any atom is -0.327 e. The van der Waals surface area contributed by atoms with Gasteiger partial charge in [-0.2, -0.15) is 5.10 Å². The summed E-state index contributed by atoms with van der Waals surface area (Å²) in [6.45, 7) is 3.46. The van der Waals surface area contributed by atoms with Crippen LogP contribution in [0, 0.1) is 0 Å². The van der Waals surface area contributed by atoms with Crippen LogP contribution in [-0.2, 0) is 6.54 Å². The third-order valence-corrected chi connectivity index (χ3v) is 5.36. The smallest absolute Gasteiger partial charge is 0.254 e. The van der Waals surface area contributed by atoms with E-state index in [9.17, 15) is 4.79 Å². The van der Waals surface area contributed by atoms with E-state index in [1.54, 1.807) is 11.8 Å². The van der Waals surface area contributed by atoms with Gasteiger partial charge < -0.3 is 4.90 Å². The molecule has 1 fully saturated rings. The van der Waals surface area contributed by atoms with Gasteiger partial charge in [-0.3, -0.25) is 4.79 Å². The van der Waals surface area contributed by atoms with Crippen molar-refractivity contribution >= 4 is 17.7 Å². The number of hydrogen-bond donors (Lipinski definition) is 0. The zero-order chi connectivity index (χ0) is 16.0. The highest BCUT2D eigenvalue weighted by Crippen LogP contribution is 2.39. The summed E-state index contributed by atoms with van der Waals surface area (Å²) < 4.78 is 1.99. The molecule has 0 spiro atoms. The van der Waals surface area contributed by atoms with Crippen LogP contribution in [0.4, 0.5) is 0 Å². The number of carbonyl (C=O) groups is 1. The fourth-order valence-corrected chi connectivity index (χ4v) is 3.55. The van der Waals surface area contributed by atoms with Crippen LogP contribution >= 0.6 is 11.8 Å². The Labute approximate surface area is 140 Å². The van der Waals surface area contributed by atoms with E-state index in [1.807, 2.05) is 47.0 Å². The molecule has 1 aliphatic heterocycles. The van der Waals surface area contributed by atoms with Gasteiger partial charge in [0.2, 0.25) is 0 Å². The second-order valence-corrected chi connectivity index (χ2v) is 7.11. The van der Waals surface area contributed by atoms with Crippen molar-refractivity contribution in [2.24, 2.45) is 0 Å². The molecule has 0 saturated heterocycles. The number of nitrogens with zero attached hydrogens (tertiary/aromatic N) is 4. The Hall–Kier alpha value is -1.82. The molecule has 4 rings (SSSR count). The number of hydrogen-bond acceptors (Lipinski definition) is 4. The topological polar surface area (TPSA) is 51.0 Å². The number of carbonyl (C=O) groups excluding carboxylic acids is 1. The van der Waals surface area contributed by atoms with Gasteiger partial charge in [-0.25, -0.2) is 9.67 Å². The lowest BCUT2D eigenvalue weighted by Crippen LogP contribution is -2.41. The van der Waals surface area contributed by atoms with Crippen LogP contribution in [0.5, 0.6) is 0 Å². The Balaban J connectivity index is 1.60. The molecule has 23 heavy (non-hydrogen) atoms. The summed E-state index contributed by atoms with van der Waals surface area (Å²) in [6, 6.07) is 7.80. The maximum absolute atomic E-state index is 12.9. The summed E-state index contributed by atoms with van der Waals surface area (Å²) in [7, 11) is 0. The molecule has 1 amide bonds. The largest absolute Gasteiger partial charge is 0.327 e. The molecule has 1 aliphatic carbocycles. The summed E-state index contributed by atoms with van der Waals surface area (Å²) in [5, 5.41) is 4.62. The van der Waals surface area contributed by atoms with Gasteiger partial charge in [-0.15, -0.1) is 11.8 Å². The predicted molar refractivity (Wildman–Crippen MR) is 89.7 cm³/mol. The van der Waals surface area contributed by atoms with Crippen molar-refractivity contribution in [2.75, 3.05) is 12.8 Å². The molecule has 1 atom stereocenters. The minimum atomic E-state index is -0.0332. The highest BCUT2D eigenvalue weighted by atomic mass is 32.2. The highest BCUT2D eigenvalue weighted by Gasteiger charge is 2.34. The quantitative estimate of drug-likeness (QED) is 0.813. The van der Waals surface area contributed by atoms with Gasteiger partial charge in [-0.1, -0.05) is 6.07 Å². The minimum absolute atomic E-state index is 0.0332. The van der Waals surface area contributed by atoms with Crippen molar-refractivity contribution < 1.29 is 4.79 Å². The molecule has 1 aromatic carbocycles. The van der Waals surface area contributed by atoms with Crippen LogP contribution in [0.15, 0.2) is 29.2 Å². The fourth-order valence-electron chi connectivity index (χ4n) is 3.10. The summed E-state index contributed by atoms with van der Waals surface area (Å²) in [5.41, 5.74) is 0.749. The molecule has 0 radical (unpaired) electrons. The lowest BCUT2D eigenvalue weighted by Gasteiger charge is -2.33. The molecule has 6 heteroatoms. The van der Waals surface area contributed by atoms with E-state index >= 15 is 0 Å². The lowest BCUT2D eigenvalue weighted by atomic mass is 10.1. The lowest BCUT2D eigenvalue weighted by molar-refractivity contribution is 0.0630. The molecule has 2 heterocycles. The van der Waals surface area contributed by atoms with Gasteiger partial charge in [0.25, 0.3) is 5.91 Å². The van der Waals surface area contributed by atoms with Crippen LogP contribution in [0.3, 0.4) is 0 Å². The van der Waals surface area contributed by atoms with Crippen molar-refractivity contribution in [3.05, 3.63) is 41.5 Å². The molecular weight excluding hydrogens is 308 g/mol. The Kier molecular flexibility index (Phi) is 3.64. The van der Waals surface area contributed by atoms with Crippen LogP contribution in [0.2, 0.25) is 0 Å². The SMILES string of the molecule is CSc1cccc(C(=O)N2CCn3nc(C4CC4)nc3[C@H]2C)c1. The standard InChI is InChI=1S/C17H20N4OS/c1-11-16-18-15(12-6-7-12)19-21(16)9-8-20(11)17(22)13-4-3-5-14(10-13)23-2/h3-5,10-12H,6-9H2,1-2H3/t11-/m1/s1. The number of rotatable bonds is 3. The number of thioether (sulfide) groups is 1. The molecule has 1 aromatic heterocycles. The van der Waals surface area contributed by atoms with Crippen molar-refractivity contribution in [1.29, 1.82) is 0 Å². The van der Waals surface area contributed by atoms with E-state index in [-0.39, 0.29) is 11.9 Å². The number of amides is 1. The van der Waals surface area contributed by atoms with E-state index in [1.165, 1.54) is 12.8 Å². The van der Waals surface area contributed by atoms with Crippen molar-refractivity contribution in [3.8, 4) is 0 Å². The number of benzene rings is 1. The van der Waals surface area contributed by atoms with Gasteiger partial charge in [0, 0.05) is 22.9 Å². The van der Waals surface area contributed by atoms with Crippen molar-refractivity contribution in [2.45, 2.75) is 43.2 Å². The average Bonchev–Trinajstić information content (AvgIpc) is 3.34. The first-order valence-electron chi connectivity index (χ1n) is 8.07. The number of fused-ring (bicyclic) bond motifs is 1. The molecule has 2 aliphatic rings. The Morgan fingerprint density at radius 3 is 2.87 bits per heavy atom. The molecule has 2 aromatic rings. The zero-order valence-corrected chi connectivity index (χ0v) is 14.2. The van der Waals surface area contributed by atoms with Gasteiger partial charge >= 0.3 is 0 Å². The van der Waals surface area contributed by atoms with Gasteiger partial charge in [0.15, 0.2) is 5.82 Å². The Morgan fingerprint density at radius 1 is 1.30 bits per heavy atom. The predicted octanol–water partition coefficient (Wildman–Crippen LogP) is 3.09. The highest BCUT2D eigenvalue weighted by molar-refractivity contribution is 7.98. The maximum atomic E-state index is 12.9. The van der Waals surface area contributed by atoms with Gasteiger partial charge in [0.05, 0.1) is 12.6 Å². The summed E-state index contributed by atoms with van der Waals surface area (Å²) in [4.78, 5) is 20.6. The first-order valence-corrected chi connectivity index (χ1v) is 9.29. The Morgan fingerprint density at radius 2 is 2.13 bits per heavy atom. The normalized spacial score (nSPS) is 20.4. The van der Waals surface area contributed by atoms with E-state index < -0.39 is 0 Å². The molecule has 1 saturated carbocycles. The zero-order valence-electron chi connectivity index (χ0n) is 13.4. The van der Waals surface area contributed by atoms with Crippen LogP contribution < -0.4 is 0 Å². The summed E-state index contributed by atoms with van der Waals surface area (Å²) in [5.74, 6) is 2.51. The van der Waals surface area contributed by atoms with E-state index in [0.717, 1.165) is 28.7 Å². The van der Waals surface area contributed by atoms with Crippen molar-refractivity contribution in [3.63, 3.8) is 0 Å². The van der Waals surface area contributed by atoms with E-state index in [2.05, 4.69) is 5.10 Å². The van der Waals surface area contributed by atoms with E-state index in [0.29, 0.717) is 12.5 Å². The summed E-state index contributed by atoms with van der Waals surface area (Å²) >= 11 is 1.65. The molecular formula is C17H20N4OS. The van der Waals surface area contributed by atoms with Crippen LogP contribution in [0.25, 0.3) is 0 Å².